The normalized spacial score (nSPS) is 12.2. The van der Waals surface area contributed by atoms with Crippen LogP contribution in [0.4, 0.5) is 16.5 Å². The fourth-order valence-electron chi connectivity index (χ4n) is 3.60. The van der Waals surface area contributed by atoms with E-state index in [0.717, 1.165) is 0 Å². The number of carbonyl (C=O) groups is 2. The fraction of sp³-hybridized carbons (Fsp3) is 0.565. The van der Waals surface area contributed by atoms with Crippen LogP contribution < -0.4 is 15.8 Å². The van der Waals surface area contributed by atoms with Crippen molar-refractivity contribution in [3.8, 4) is 0 Å². The van der Waals surface area contributed by atoms with Crippen molar-refractivity contribution in [2.24, 2.45) is 0 Å². The number of nitrogens with zero attached hydrogens (tertiary/aromatic N) is 4. The van der Waals surface area contributed by atoms with Crippen molar-refractivity contribution in [3.63, 3.8) is 0 Å². The number of carbonyl (C=O) groups excluding carboxylic acids is 1. The van der Waals surface area contributed by atoms with E-state index in [4.69, 9.17) is 4.42 Å². The number of aryl methyl sites for hydroxylation is 1. The fourth-order valence-corrected chi connectivity index (χ4v) is 3.60. The Hall–Kier alpha value is -3.14. The van der Waals surface area contributed by atoms with Gasteiger partial charge in [0.05, 0.1) is 16.6 Å². The monoisotopic (exact) mass is 461 g/mol. The third-order valence-electron chi connectivity index (χ3n) is 5.32. The Kier molecular flexibility index (Phi) is 7.43. The first-order valence-corrected chi connectivity index (χ1v) is 10.7. The molecule has 0 spiro atoms. The van der Waals surface area contributed by atoms with Crippen molar-refractivity contribution >= 4 is 34.6 Å². The molecule has 2 N–H and O–H groups in total. The summed E-state index contributed by atoms with van der Waals surface area (Å²) in [6.45, 7) is 11.6. The number of hydrogen-bond acceptors (Lipinski definition) is 7. The molecule has 1 aromatic heterocycles. The molecule has 0 aliphatic rings. The summed E-state index contributed by atoms with van der Waals surface area (Å²) in [7, 11) is 5.58. The quantitative estimate of drug-likeness (QED) is 0.646. The Balaban J connectivity index is 2.43. The van der Waals surface area contributed by atoms with E-state index in [1.807, 2.05) is 19.0 Å². The van der Waals surface area contributed by atoms with E-state index >= 15 is 0 Å². The molecule has 0 atom stereocenters. The highest BCUT2D eigenvalue weighted by molar-refractivity contribution is 5.95. The van der Waals surface area contributed by atoms with Crippen LogP contribution in [-0.2, 0) is 4.79 Å². The van der Waals surface area contributed by atoms with Gasteiger partial charge in [0.1, 0.15) is 5.54 Å². The minimum absolute atomic E-state index is 0.0788. The van der Waals surface area contributed by atoms with Crippen LogP contribution in [0.25, 0.3) is 10.9 Å². The molecule has 1 aromatic carbocycles. The van der Waals surface area contributed by atoms with Gasteiger partial charge in [0, 0.05) is 25.7 Å². The topological polar surface area (TPSA) is 119 Å². The van der Waals surface area contributed by atoms with Crippen molar-refractivity contribution in [1.82, 2.24) is 14.8 Å². The van der Waals surface area contributed by atoms with E-state index in [1.165, 1.54) is 4.90 Å². The summed E-state index contributed by atoms with van der Waals surface area (Å²) in [6, 6.07) is 3.13. The summed E-state index contributed by atoms with van der Waals surface area (Å²) in [6.07, 6.45) is -1.13. The number of amides is 2. The molecule has 2 aromatic rings. The highest BCUT2D eigenvalue weighted by atomic mass is 16.4. The van der Waals surface area contributed by atoms with Gasteiger partial charge in [-0.15, -0.1) is 0 Å². The average Bonchev–Trinajstić information content (AvgIpc) is 2.65. The predicted octanol–water partition coefficient (Wildman–Crippen LogP) is 2.99. The zero-order chi connectivity index (χ0) is 25.3. The maximum atomic E-state index is 12.9. The van der Waals surface area contributed by atoms with E-state index in [-0.39, 0.29) is 17.3 Å². The van der Waals surface area contributed by atoms with Crippen LogP contribution in [-0.4, -0.2) is 77.2 Å². The lowest BCUT2D eigenvalue weighted by Gasteiger charge is -2.34. The van der Waals surface area contributed by atoms with Crippen LogP contribution >= 0.6 is 0 Å². The summed E-state index contributed by atoms with van der Waals surface area (Å²) in [4.78, 5) is 46.8. The van der Waals surface area contributed by atoms with Gasteiger partial charge in [-0.05, 0) is 73.3 Å². The molecule has 0 bridgehead atoms. The van der Waals surface area contributed by atoms with E-state index in [0.29, 0.717) is 29.9 Å². The molecule has 1 heterocycles. The number of carboxylic acid groups (broad SMARTS) is 1. The average molecular weight is 462 g/mol. The summed E-state index contributed by atoms with van der Waals surface area (Å²) in [5.74, 6) is -0.178. The van der Waals surface area contributed by atoms with Gasteiger partial charge in [0.25, 0.3) is 6.01 Å². The van der Waals surface area contributed by atoms with Gasteiger partial charge in [-0.1, -0.05) is 0 Å². The number of hydrogen-bond donors (Lipinski definition) is 2. The lowest BCUT2D eigenvalue weighted by molar-refractivity contribution is -0.133. The molecule has 182 valence electrons. The van der Waals surface area contributed by atoms with Crippen molar-refractivity contribution in [1.29, 1.82) is 0 Å². The molecule has 2 rings (SSSR count). The van der Waals surface area contributed by atoms with Crippen molar-refractivity contribution in [3.05, 3.63) is 28.1 Å². The highest BCUT2D eigenvalue weighted by Gasteiger charge is 2.33. The van der Waals surface area contributed by atoms with Gasteiger partial charge < -0.3 is 24.6 Å². The van der Waals surface area contributed by atoms with Crippen LogP contribution in [0.1, 0.15) is 40.2 Å². The number of fused-ring (bicyclic) bond motifs is 1. The molecule has 10 heteroatoms. The molecule has 2 amide bonds. The number of nitrogens with one attached hydrogen (secondary N) is 1. The SMILES string of the molecule is Cc1c(N(C(=O)O)C(C)(C)C)ccc2nc(NC(C)(C)C(=O)N(C)CCN(C)C)oc(=O)c12. The van der Waals surface area contributed by atoms with Crippen LogP contribution in [0.5, 0.6) is 0 Å². The number of benzene rings is 1. The van der Waals surface area contributed by atoms with Gasteiger partial charge in [-0.2, -0.15) is 4.98 Å². The number of aromatic nitrogens is 1. The summed E-state index contributed by atoms with van der Waals surface area (Å²) >= 11 is 0. The van der Waals surface area contributed by atoms with Crippen molar-refractivity contribution < 1.29 is 19.1 Å². The summed E-state index contributed by atoms with van der Waals surface area (Å²) in [5.41, 5.74) is -1.27. The first-order valence-electron chi connectivity index (χ1n) is 10.7. The van der Waals surface area contributed by atoms with E-state index in [1.54, 1.807) is 65.6 Å². The van der Waals surface area contributed by atoms with Crippen LogP contribution in [0.15, 0.2) is 21.3 Å². The molecular formula is C23H35N5O5. The first-order chi connectivity index (χ1) is 15.1. The molecule has 0 aliphatic carbocycles. The number of anilines is 2. The third kappa shape index (κ3) is 5.81. The zero-order valence-corrected chi connectivity index (χ0v) is 20.9. The second-order valence-electron chi connectivity index (χ2n) is 9.98. The standard InChI is InChI=1S/C23H35N5O5/c1-14-16(28(21(31)32)22(2,3)4)11-10-15-17(14)18(29)33-20(24-15)25-23(5,6)19(30)27(9)13-12-26(7)8/h10-11H,12-13H2,1-9H3,(H,24,25)(H,31,32). The molecular weight excluding hydrogens is 426 g/mol. The highest BCUT2D eigenvalue weighted by Crippen LogP contribution is 2.31. The Morgan fingerprint density at radius 3 is 2.21 bits per heavy atom. The minimum Gasteiger partial charge on any atom is -0.465 e. The first kappa shape index (κ1) is 26.1. The number of likely N-dealkylation sites (N-methyl/N-ethyl adjacent to an activating group) is 2. The molecule has 0 radical (unpaired) electrons. The maximum absolute atomic E-state index is 12.9. The number of rotatable bonds is 7. The molecule has 0 unspecified atom stereocenters. The van der Waals surface area contributed by atoms with E-state index in [9.17, 15) is 19.5 Å². The predicted molar refractivity (Wildman–Crippen MR) is 129 cm³/mol. The van der Waals surface area contributed by atoms with Gasteiger partial charge in [0.2, 0.25) is 5.91 Å². The molecule has 33 heavy (non-hydrogen) atoms. The largest absolute Gasteiger partial charge is 0.465 e. The Morgan fingerprint density at radius 1 is 1.09 bits per heavy atom. The van der Waals surface area contributed by atoms with Gasteiger partial charge in [-0.25, -0.2) is 9.59 Å². The lowest BCUT2D eigenvalue weighted by atomic mass is 10.0. The molecule has 0 aliphatic heterocycles. The summed E-state index contributed by atoms with van der Waals surface area (Å²) in [5, 5.41) is 12.9. The smallest absolute Gasteiger partial charge is 0.412 e. The molecule has 10 nitrogen and oxygen atoms in total. The Labute approximate surface area is 194 Å². The molecule has 0 fully saturated rings. The lowest BCUT2D eigenvalue weighted by Crippen LogP contribution is -2.50. The van der Waals surface area contributed by atoms with E-state index in [2.05, 4.69) is 10.3 Å². The third-order valence-corrected chi connectivity index (χ3v) is 5.32. The van der Waals surface area contributed by atoms with Gasteiger partial charge in [0.15, 0.2) is 0 Å². The van der Waals surface area contributed by atoms with Crippen molar-refractivity contribution in [2.45, 2.75) is 52.6 Å². The second kappa shape index (κ2) is 9.38. The Morgan fingerprint density at radius 2 is 1.70 bits per heavy atom. The van der Waals surface area contributed by atoms with Gasteiger partial charge in [-0.3, -0.25) is 9.69 Å². The molecule has 0 saturated heterocycles. The minimum atomic E-state index is -1.13. The second-order valence-corrected chi connectivity index (χ2v) is 9.98. The summed E-state index contributed by atoms with van der Waals surface area (Å²) < 4.78 is 5.39. The van der Waals surface area contributed by atoms with Crippen LogP contribution in [0, 0.1) is 6.92 Å². The molecule has 0 saturated carbocycles. The zero-order valence-electron chi connectivity index (χ0n) is 20.9. The maximum Gasteiger partial charge on any atom is 0.412 e. The Bertz CT molecular complexity index is 1100. The van der Waals surface area contributed by atoms with E-state index < -0.39 is 22.8 Å². The van der Waals surface area contributed by atoms with Gasteiger partial charge >= 0.3 is 11.7 Å². The van der Waals surface area contributed by atoms with Crippen molar-refractivity contribution in [2.75, 3.05) is 44.4 Å². The van der Waals surface area contributed by atoms with Crippen LogP contribution in [0.2, 0.25) is 0 Å². The van der Waals surface area contributed by atoms with Crippen LogP contribution in [0.3, 0.4) is 0 Å².